The molecule has 108 valence electrons. The number of hydrogen-bond donors (Lipinski definition) is 1. The van der Waals surface area contributed by atoms with Gasteiger partial charge in [0.25, 0.3) is 0 Å². The number of nitrogens with zero attached hydrogens (tertiary/aromatic N) is 1. The van der Waals surface area contributed by atoms with Crippen LogP contribution in [0.4, 0.5) is 0 Å². The van der Waals surface area contributed by atoms with Gasteiger partial charge in [-0.05, 0) is 32.0 Å². The van der Waals surface area contributed by atoms with Crippen LogP contribution in [0.1, 0.15) is 28.4 Å². The van der Waals surface area contributed by atoms with E-state index in [1.54, 1.807) is 25.6 Å². The second-order valence-electron chi connectivity index (χ2n) is 4.56. The zero-order valence-corrected chi connectivity index (χ0v) is 13.1. The molecule has 0 amide bonds. The first-order valence-electron chi connectivity index (χ1n) is 6.50. The number of nitrogens with one attached hydrogen (secondary N) is 1. The van der Waals surface area contributed by atoms with Crippen LogP contribution in [-0.2, 0) is 6.54 Å². The second-order valence-corrected chi connectivity index (χ2v) is 5.88. The van der Waals surface area contributed by atoms with Gasteiger partial charge in [-0.25, -0.2) is 4.98 Å². The first-order chi connectivity index (χ1) is 9.63. The molecule has 1 heterocycles. The molecule has 0 aliphatic rings. The lowest BCUT2D eigenvalue weighted by atomic mass is 10.1. The highest BCUT2D eigenvalue weighted by atomic mass is 32.1. The first kappa shape index (κ1) is 14.8. The molecule has 2 rings (SSSR count). The van der Waals surface area contributed by atoms with Crippen molar-refractivity contribution in [2.45, 2.75) is 26.4 Å². The quantitative estimate of drug-likeness (QED) is 0.887. The van der Waals surface area contributed by atoms with E-state index >= 15 is 0 Å². The number of benzene rings is 1. The largest absolute Gasteiger partial charge is 0.497 e. The van der Waals surface area contributed by atoms with E-state index in [1.165, 1.54) is 4.88 Å². The third-order valence-electron chi connectivity index (χ3n) is 3.15. The van der Waals surface area contributed by atoms with Crippen molar-refractivity contribution in [3.05, 3.63) is 39.8 Å². The highest BCUT2D eigenvalue weighted by Gasteiger charge is 2.12. The van der Waals surface area contributed by atoms with Gasteiger partial charge in [-0.1, -0.05) is 0 Å². The average Bonchev–Trinajstić information content (AvgIpc) is 2.89. The number of methoxy groups -OCH3 is 2. The van der Waals surface area contributed by atoms with Crippen LogP contribution in [0.2, 0.25) is 0 Å². The van der Waals surface area contributed by atoms with E-state index in [9.17, 15) is 0 Å². The molecule has 0 saturated heterocycles. The number of aromatic nitrogens is 1. The Morgan fingerprint density at radius 2 is 2.10 bits per heavy atom. The minimum absolute atomic E-state index is 0.169. The zero-order chi connectivity index (χ0) is 14.5. The molecule has 1 aromatic carbocycles. The van der Waals surface area contributed by atoms with Gasteiger partial charge >= 0.3 is 0 Å². The van der Waals surface area contributed by atoms with E-state index in [0.717, 1.165) is 28.6 Å². The normalized spacial score (nSPS) is 12.2. The van der Waals surface area contributed by atoms with Crippen molar-refractivity contribution in [1.29, 1.82) is 0 Å². The second kappa shape index (κ2) is 6.72. The van der Waals surface area contributed by atoms with Crippen molar-refractivity contribution >= 4 is 11.3 Å². The molecule has 0 radical (unpaired) electrons. The predicted molar refractivity (Wildman–Crippen MR) is 81.7 cm³/mol. The van der Waals surface area contributed by atoms with Crippen molar-refractivity contribution in [2.75, 3.05) is 14.2 Å². The van der Waals surface area contributed by atoms with Crippen LogP contribution in [0.3, 0.4) is 0 Å². The Kier molecular flexibility index (Phi) is 4.98. The number of hydrogen-bond acceptors (Lipinski definition) is 5. The molecule has 0 aliphatic carbocycles. The van der Waals surface area contributed by atoms with Crippen molar-refractivity contribution in [2.24, 2.45) is 0 Å². The fraction of sp³-hybridized carbons (Fsp3) is 0.400. The summed E-state index contributed by atoms with van der Waals surface area (Å²) in [5.41, 5.74) is 1.09. The minimum Gasteiger partial charge on any atom is -0.497 e. The monoisotopic (exact) mass is 292 g/mol. The summed E-state index contributed by atoms with van der Waals surface area (Å²) in [4.78, 5) is 5.49. The van der Waals surface area contributed by atoms with Gasteiger partial charge < -0.3 is 14.8 Å². The Morgan fingerprint density at radius 1 is 1.30 bits per heavy atom. The molecule has 5 heteroatoms. The summed E-state index contributed by atoms with van der Waals surface area (Å²) < 4.78 is 10.7. The van der Waals surface area contributed by atoms with Gasteiger partial charge in [0, 0.05) is 29.2 Å². The number of ether oxygens (including phenoxy) is 2. The molecule has 0 saturated carbocycles. The van der Waals surface area contributed by atoms with E-state index in [4.69, 9.17) is 9.47 Å². The lowest BCUT2D eigenvalue weighted by molar-refractivity contribution is 0.391. The Hall–Kier alpha value is -1.59. The fourth-order valence-corrected chi connectivity index (χ4v) is 2.77. The minimum atomic E-state index is 0.169. The standard InChI is InChI=1S/C15H20N2O2S/c1-10(16-8-13-9-17-11(2)20-13)14-7-12(18-3)5-6-15(14)19-4/h5-7,9-10,16H,8H2,1-4H3. The summed E-state index contributed by atoms with van der Waals surface area (Å²) in [7, 11) is 3.36. The van der Waals surface area contributed by atoms with Crippen LogP contribution >= 0.6 is 11.3 Å². The van der Waals surface area contributed by atoms with Crippen molar-refractivity contribution in [3.63, 3.8) is 0 Å². The number of rotatable bonds is 6. The highest BCUT2D eigenvalue weighted by Crippen LogP contribution is 2.29. The van der Waals surface area contributed by atoms with Gasteiger partial charge in [0.15, 0.2) is 0 Å². The summed E-state index contributed by atoms with van der Waals surface area (Å²) in [5, 5.41) is 4.58. The molecule has 4 nitrogen and oxygen atoms in total. The van der Waals surface area contributed by atoms with Crippen LogP contribution in [-0.4, -0.2) is 19.2 Å². The molecule has 0 fully saturated rings. The van der Waals surface area contributed by atoms with E-state index in [2.05, 4.69) is 17.2 Å². The van der Waals surface area contributed by atoms with E-state index in [1.807, 2.05) is 31.3 Å². The zero-order valence-electron chi connectivity index (χ0n) is 12.3. The van der Waals surface area contributed by atoms with E-state index in [-0.39, 0.29) is 6.04 Å². The molecule has 0 spiro atoms. The summed E-state index contributed by atoms with van der Waals surface area (Å²) in [6, 6.07) is 6.02. The van der Waals surface area contributed by atoms with Gasteiger partial charge in [-0.15, -0.1) is 11.3 Å². The maximum absolute atomic E-state index is 5.42. The molecule has 20 heavy (non-hydrogen) atoms. The SMILES string of the molecule is COc1ccc(OC)c(C(C)NCc2cnc(C)s2)c1. The van der Waals surface area contributed by atoms with Crippen LogP contribution in [0.15, 0.2) is 24.4 Å². The maximum Gasteiger partial charge on any atom is 0.123 e. The number of thiazole rings is 1. The van der Waals surface area contributed by atoms with Gasteiger partial charge in [0.2, 0.25) is 0 Å². The van der Waals surface area contributed by atoms with Crippen LogP contribution < -0.4 is 14.8 Å². The fourth-order valence-electron chi connectivity index (χ4n) is 2.03. The third-order valence-corrected chi connectivity index (χ3v) is 4.07. The summed E-state index contributed by atoms with van der Waals surface area (Å²) in [5.74, 6) is 1.70. The molecule has 0 aliphatic heterocycles. The van der Waals surface area contributed by atoms with Crippen LogP contribution in [0.25, 0.3) is 0 Å². The van der Waals surface area contributed by atoms with Gasteiger partial charge in [0.1, 0.15) is 11.5 Å². The predicted octanol–water partition coefficient (Wildman–Crippen LogP) is 3.32. The Morgan fingerprint density at radius 3 is 2.70 bits per heavy atom. The topological polar surface area (TPSA) is 43.4 Å². The van der Waals surface area contributed by atoms with E-state index < -0.39 is 0 Å². The molecule has 0 bridgehead atoms. The molecule has 1 unspecified atom stereocenters. The van der Waals surface area contributed by atoms with Crippen molar-refractivity contribution < 1.29 is 9.47 Å². The molecular weight excluding hydrogens is 272 g/mol. The molecule has 1 N–H and O–H groups in total. The summed E-state index contributed by atoms with van der Waals surface area (Å²) >= 11 is 1.71. The Labute approximate surface area is 123 Å². The lowest BCUT2D eigenvalue weighted by Crippen LogP contribution is -2.18. The average molecular weight is 292 g/mol. The van der Waals surface area contributed by atoms with Crippen molar-refractivity contribution in [1.82, 2.24) is 10.3 Å². The number of aryl methyl sites for hydroxylation is 1. The molecular formula is C15H20N2O2S. The van der Waals surface area contributed by atoms with Crippen LogP contribution in [0, 0.1) is 6.92 Å². The maximum atomic E-state index is 5.42. The molecule has 2 aromatic rings. The van der Waals surface area contributed by atoms with E-state index in [0.29, 0.717) is 0 Å². The molecule has 1 atom stereocenters. The summed E-state index contributed by atoms with van der Waals surface area (Å²) in [6.45, 7) is 4.93. The lowest BCUT2D eigenvalue weighted by Gasteiger charge is -2.17. The first-order valence-corrected chi connectivity index (χ1v) is 7.32. The Bertz CT molecular complexity index is 569. The van der Waals surface area contributed by atoms with Gasteiger partial charge in [0.05, 0.1) is 19.2 Å². The van der Waals surface area contributed by atoms with Gasteiger partial charge in [-0.2, -0.15) is 0 Å². The molecule has 1 aromatic heterocycles. The smallest absolute Gasteiger partial charge is 0.123 e. The third kappa shape index (κ3) is 3.49. The van der Waals surface area contributed by atoms with Crippen molar-refractivity contribution in [3.8, 4) is 11.5 Å². The van der Waals surface area contributed by atoms with Gasteiger partial charge in [-0.3, -0.25) is 0 Å². The summed E-state index contributed by atoms with van der Waals surface area (Å²) in [6.07, 6.45) is 1.92. The van der Waals surface area contributed by atoms with Crippen LogP contribution in [0.5, 0.6) is 11.5 Å². The Balaban J connectivity index is 2.09. The highest BCUT2D eigenvalue weighted by molar-refractivity contribution is 7.11.